The van der Waals surface area contributed by atoms with Crippen LogP contribution >= 0.6 is 50.5 Å². The molecule has 1 aromatic heterocycles. The zero-order chi connectivity index (χ0) is 15.8. The quantitative estimate of drug-likeness (QED) is 0.705. The third kappa shape index (κ3) is 3.91. The summed E-state index contributed by atoms with van der Waals surface area (Å²) in [7, 11) is -3.77. The van der Waals surface area contributed by atoms with E-state index < -0.39 is 16.1 Å². The van der Waals surface area contributed by atoms with Gasteiger partial charge in [0.1, 0.15) is 0 Å². The fourth-order valence-corrected chi connectivity index (χ4v) is 5.35. The molecule has 1 unspecified atom stereocenters. The SMILES string of the molecule is CC(NS(=O)(=O)c1cc(Cl)cc(N)c1Br)c1ccc(Cl)s1. The lowest BCUT2D eigenvalue weighted by molar-refractivity contribution is 0.568. The third-order valence-electron chi connectivity index (χ3n) is 2.67. The van der Waals surface area contributed by atoms with E-state index in [4.69, 9.17) is 28.9 Å². The predicted octanol–water partition coefficient (Wildman–Crippen LogP) is 4.44. The minimum absolute atomic E-state index is 0.00185. The average Bonchev–Trinajstić information content (AvgIpc) is 2.80. The topological polar surface area (TPSA) is 72.2 Å². The molecule has 1 aromatic carbocycles. The standard InChI is InChI=1S/C12H11BrCl2N2O2S2/c1-6(9-2-3-11(15)20-9)17-21(18,19)10-5-7(14)4-8(16)12(10)13/h2-6,17H,16H2,1H3. The van der Waals surface area contributed by atoms with Crippen molar-refractivity contribution in [1.29, 1.82) is 0 Å². The maximum atomic E-state index is 12.5. The van der Waals surface area contributed by atoms with E-state index in [1.807, 2.05) is 0 Å². The highest BCUT2D eigenvalue weighted by Gasteiger charge is 2.23. The maximum Gasteiger partial charge on any atom is 0.242 e. The highest BCUT2D eigenvalue weighted by atomic mass is 79.9. The van der Waals surface area contributed by atoms with E-state index in [-0.39, 0.29) is 20.1 Å². The fourth-order valence-electron chi connectivity index (χ4n) is 1.70. The van der Waals surface area contributed by atoms with Crippen LogP contribution < -0.4 is 10.5 Å². The van der Waals surface area contributed by atoms with Crippen LogP contribution in [0.3, 0.4) is 0 Å². The van der Waals surface area contributed by atoms with Crippen molar-refractivity contribution in [3.63, 3.8) is 0 Å². The van der Waals surface area contributed by atoms with Crippen LogP contribution in [0.15, 0.2) is 33.6 Å². The van der Waals surface area contributed by atoms with Crippen LogP contribution in [0.25, 0.3) is 0 Å². The Morgan fingerprint density at radius 1 is 1.33 bits per heavy atom. The van der Waals surface area contributed by atoms with Crippen molar-refractivity contribution in [3.05, 3.63) is 43.0 Å². The van der Waals surface area contributed by atoms with Crippen molar-refractivity contribution in [2.75, 3.05) is 5.73 Å². The molecule has 21 heavy (non-hydrogen) atoms. The highest BCUT2D eigenvalue weighted by Crippen LogP contribution is 2.33. The minimum atomic E-state index is -3.77. The summed E-state index contributed by atoms with van der Waals surface area (Å²) in [6.45, 7) is 1.74. The monoisotopic (exact) mass is 428 g/mol. The summed E-state index contributed by atoms with van der Waals surface area (Å²) in [6, 6.07) is 5.91. The fraction of sp³-hybridized carbons (Fsp3) is 0.167. The number of hydrogen-bond acceptors (Lipinski definition) is 4. The van der Waals surface area contributed by atoms with Crippen molar-refractivity contribution in [1.82, 2.24) is 4.72 Å². The molecule has 0 aliphatic heterocycles. The Morgan fingerprint density at radius 2 is 2.00 bits per heavy atom. The molecular weight excluding hydrogens is 419 g/mol. The molecule has 0 saturated heterocycles. The van der Waals surface area contributed by atoms with Gasteiger partial charge in [0, 0.05) is 15.6 Å². The van der Waals surface area contributed by atoms with Gasteiger partial charge in [-0.3, -0.25) is 0 Å². The van der Waals surface area contributed by atoms with E-state index in [2.05, 4.69) is 20.7 Å². The Bertz CT molecular complexity index is 778. The first kappa shape index (κ1) is 17.1. The van der Waals surface area contributed by atoms with Gasteiger partial charge < -0.3 is 5.73 Å². The number of rotatable bonds is 4. The zero-order valence-corrected chi connectivity index (χ0v) is 15.5. The summed E-state index contributed by atoms with van der Waals surface area (Å²) in [5, 5.41) is 0.253. The van der Waals surface area contributed by atoms with Gasteiger partial charge in [-0.05, 0) is 47.1 Å². The summed E-state index contributed by atoms with van der Waals surface area (Å²) in [4.78, 5) is 0.816. The number of nitrogen functional groups attached to an aromatic ring is 1. The van der Waals surface area contributed by atoms with Gasteiger partial charge in [-0.1, -0.05) is 23.2 Å². The minimum Gasteiger partial charge on any atom is -0.398 e. The lowest BCUT2D eigenvalue weighted by atomic mass is 10.3. The molecule has 114 valence electrons. The van der Waals surface area contributed by atoms with Crippen molar-refractivity contribution in [3.8, 4) is 0 Å². The van der Waals surface area contributed by atoms with Gasteiger partial charge in [0.15, 0.2) is 0 Å². The van der Waals surface area contributed by atoms with Gasteiger partial charge in [0.05, 0.1) is 19.7 Å². The van der Waals surface area contributed by atoms with Crippen LogP contribution in [0, 0.1) is 0 Å². The predicted molar refractivity (Wildman–Crippen MR) is 91.6 cm³/mol. The summed E-state index contributed by atoms with van der Waals surface area (Å²) in [5.41, 5.74) is 5.98. The van der Waals surface area contributed by atoms with Crippen LogP contribution in [0.2, 0.25) is 9.36 Å². The Labute approximate surface area is 145 Å². The molecule has 0 bridgehead atoms. The number of hydrogen-bond donors (Lipinski definition) is 2. The Morgan fingerprint density at radius 3 is 2.57 bits per heavy atom. The first-order valence-electron chi connectivity index (χ1n) is 5.73. The first-order chi connectivity index (χ1) is 9.70. The molecule has 0 saturated carbocycles. The summed E-state index contributed by atoms with van der Waals surface area (Å²) in [5.74, 6) is 0. The molecule has 2 aromatic rings. The van der Waals surface area contributed by atoms with Gasteiger partial charge in [-0.15, -0.1) is 11.3 Å². The third-order valence-corrected chi connectivity index (χ3v) is 7.02. The second-order valence-corrected chi connectivity index (χ2v) is 8.95. The number of sulfonamides is 1. The van der Waals surface area contributed by atoms with Crippen LogP contribution in [0.5, 0.6) is 0 Å². The van der Waals surface area contributed by atoms with Gasteiger partial charge in [0.2, 0.25) is 10.0 Å². The van der Waals surface area contributed by atoms with Crippen molar-refractivity contribution >= 4 is 66.2 Å². The summed E-state index contributed by atoms with van der Waals surface area (Å²) in [6.07, 6.45) is 0. The smallest absolute Gasteiger partial charge is 0.242 e. The van der Waals surface area contributed by atoms with Crippen LogP contribution in [-0.2, 0) is 10.0 Å². The number of nitrogens with one attached hydrogen (secondary N) is 1. The molecule has 0 amide bonds. The lowest BCUT2D eigenvalue weighted by Gasteiger charge is -2.15. The molecule has 0 aliphatic rings. The van der Waals surface area contributed by atoms with Crippen molar-refractivity contribution in [2.24, 2.45) is 0 Å². The number of nitrogens with two attached hydrogens (primary N) is 1. The van der Waals surface area contributed by atoms with E-state index >= 15 is 0 Å². The largest absolute Gasteiger partial charge is 0.398 e. The molecule has 0 aliphatic carbocycles. The summed E-state index contributed by atoms with van der Waals surface area (Å²) >= 11 is 16.2. The number of anilines is 1. The van der Waals surface area contributed by atoms with Gasteiger partial charge >= 0.3 is 0 Å². The molecule has 0 radical (unpaired) electrons. The molecule has 4 nitrogen and oxygen atoms in total. The Balaban J connectivity index is 2.35. The molecular formula is C12H11BrCl2N2O2S2. The van der Waals surface area contributed by atoms with Crippen LogP contribution in [0.1, 0.15) is 17.8 Å². The second kappa shape index (κ2) is 6.44. The molecule has 1 heterocycles. The van der Waals surface area contributed by atoms with E-state index in [1.165, 1.54) is 23.5 Å². The van der Waals surface area contributed by atoms with Crippen LogP contribution in [-0.4, -0.2) is 8.42 Å². The van der Waals surface area contributed by atoms with E-state index in [0.29, 0.717) is 4.34 Å². The number of halogens is 3. The molecule has 3 N–H and O–H groups in total. The van der Waals surface area contributed by atoms with Gasteiger partial charge in [0.25, 0.3) is 0 Å². The van der Waals surface area contributed by atoms with E-state index in [0.717, 1.165) is 4.88 Å². The average molecular weight is 430 g/mol. The molecule has 0 spiro atoms. The Hall–Kier alpha value is -0.310. The van der Waals surface area contributed by atoms with Gasteiger partial charge in [-0.2, -0.15) is 0 Å². The molecule has 0 fully saturated rings. The van der Waals surface area contributed by atoms with E-state index in [9.17, 15) is 8.42 Å². The molecule has 2 rings (SSSR count). The van der Waals surface area contributed by atoms with Gasteiger partial charge in [-0.25, -0.2) is 13.1 Å². The Kier molecular flexibility index (Phi) is 5.23. The zero-order valence-electron chi connectivity index (χ0n) is 10.7. The first-order valence-corrected chi connectivity index (χ1v) is 9.57. The highest BCUT2D eigenvalue weighted by molar-refractivity contribution is 9.10. The van der Waals surface area contributed by atoms with Crippen molar-refractivity contribution in [2.45, 2.75) is 17.9 Å². The molecule has 1 atom stereocenters. The number of benzene rings is 1. The lowest BCUT2D eigenvalue weighted by Crippen LogP contribution is -2.26. The number of thiophene rings is 1. The summed E-state index contributed by atoms with van der Waals surface area (Å²) < 4.78 is 28.4. The van der Waals surface area contributed by atoms with Crippen molar-refractivity contribution < 1.29 is 8.42 Å². The maximum absolute atomic E-state index is 12.5. The second-order valence-electron chi connectivity index (χ2n) is 4.29. The normalized spacial score (nSPS) is 13.3. The molecule has 9 heteroatoms. The van der Waals surface area contributed by atoms with Crippen LogP contribution in [0.4, 0.5) is 5.69 Å². The van der Waals surface area contributed by atoms with E-state index in [1.54, 1.807) is 19.1 Å².